The molecule has 210 valence electrons. The first-order chi connectivity index (χ1) is 21.7. The number of nitrogens with zero attached hydrogens (tertiary/aromatic N) is 2. The van der Waals surface area contributed by atoms with Crippen molar-refractivity contribution in [1.82, 2.24) is 5.32 Å². The van der Waals surface area contributed by atoms with Crippen molar-refractivity contribution in [3.05, 3.63) is 160 Å². The molecule has 5 nitrogen and oxygen atoms in total. The Hall–Kier alpha value is -5.57. The van der Waals surface area contributed by atoms with Crippen molar-refractivity contribution in [3.8, 4) is 6.07 Å². The smallest absolute Gasteiger partial charge is 0.135 e. The molecule has 9 rings (SSSR count). The monoisotopic (exact) mass is 568 g/mol. The minimum Gasteiger partial charge on any atom is -0.456 e. The molecule has 5 aromatic carbocycles. The molecule has 6 aromatic rings. The number of furan rings is 1. The Kier molecular flexibility index (Phi) is 5.53. The molecule has 3 aliphatic rings. The van der Waals surface area contributed by atoms with E-state index >= 15 is 0 Å². The molecule has 5 heteroatoms. The lowest BCUT2D eigenvalue weighted by Crippen LogP contribution is -2.37. The number of nitrogens with one attached hydrogen (secondary N) is 2. The molecule has 1 aromatic heterocycles. The highest BCUT2D eigenvalue weighted by Gasteiger charge is 2.38. The van der Waals surface area contributed by atoms with Crippen LogP contribution >= 0.6 is 0 Å². The molecule has 4 unspecified atom stereocenters. The first-order valence-corrected chi connectivity index (χ1v) is 15.1. The highest BCUT2D eigenvalue weighted by Crippen LogP contribution is 2.47. The average molecular weight is 569 g/mol. The van der Waals surface area contributed by atoms with E-state index in [2.05, 4.69) is 125 Å². The van der Waals surface area contributed by atoms with Crippen LogP contribution in [0.1, 0.15) is 45.9 Å². The van der Waals surface area contributed by atoms with Crippen LogP contribution in [0.3, 0.4) is 0 Å². The van der Waals surface area contributed by atoms with Crippen LogP contribution in [0.5, 0.6) is 0 Å². The highest BCUT2D eigenvalue weighted by molar-refractivity contribution is 5.85. The molecule has 0 radical (unpaired) electrons. The van der Waals surface area contributed by atoms with Gasteiger partial charge in [0.05, 0.1) is 23.7 Å². The predicted octanol–water partition coefficient (Wildman–Crippen LogP) is 6.99. The summed E-state index contributed by atoms with van der Waals surface area (Å²) in [7, 11) is 0. The van der Waals surface area contributed by atoms with Gasteiger partial charge in [0, 0.05) is 33.6 Å². The minimum absolute atomic E-state index is 0.0389. The Bertz CT molecular complexity index is 2240. The van der Waals surface area contributed by atoms with Crippen molar-refractivity contribution in [2.45, 2.75) is 24.2 Å². The number of hydrogen-bond donors (Lipinski definition) is 2. The lowest BCUT2D eigenvalue weighted by molar-refractivity contribution is 0.506. The van der Waals surface area contributed by atoms with Crippen molar-refractivity contribution in [1.29, 1.82) is 5.26 Å². The van der Waals surface area contributed by atoms with E-state index in [9.17, 15) is 5.26 Å². The summed E-state index contributed by atoms with van der Waals surface area (Å²) in [5.74, 6) is 0.210. The molecule has 3 heterocycles. The van der Waals surface area contributed by atoms with E-state index in [1.165, 1.54) is 22.0 Å². The van der Waals surface area contributed by atoms with E-state index in [-0.39, 0.29) is 24.2 Å². The van der Waals surface area contributed by atoms with Crippen molar-refractivity contribution in [2.24, 2.45) is 0 Å². The molecule has 44 heavy (non-hydrogen) atoms. The summed E-state index contributed by atoms with van der Waals surface area (Å²) < 4.78 is 6.28. The van der Waals surface area contributed by atoms with Gasteiger partial charge >= 0.3 is 0 Å². The average Bonchev–Trinajstić information content (AvgIpc) is 3.61. The topological polar surface area (TPSA) is 64.2 Å². The number of para-hydroxylation sites is 3. The van der Waals surface area contributed by atoms with Gasteiger partial charge < -0.3 is 14.6 Å². The first kappa shape index (κ1) is 25.0. The standard InChI is InChI=1S/C39H28N4O/c40-23-24-8-7-9-26(20-24)38-30-12-1-4-13-33(30)41-39(42-38)25-16-18-27(19-17-25)43-34-14-5-2-10-28(34)31-22-37-32(21-35(31)43)29-11-3-6-15-36(29)44-37/h1-22,31,35,38-39,41-42H. The normalized spacial score (nSPS) is 21.1. The number of hydrogen-bond acceptors (Lipinski definition) is 5. The number of fused-ring (bicyclic) bond motifs is 7. The zero-order valence-electron chi connectivity index (χ0n) is 23.8. The first-order valence-electron chi connectivity index (χ1n) is 15.1. The van der Waals surface area contributed by atoms with Crippen molar-refractivity contribution < 1.29 is 4.42 Å². The van der Waals surface area contributed by atoms with E-state index in [4.69, 9.17) is 4.42 Å². The molecule has 2 N–H and O–H groups in total. The summed E-state index contributed by atoms with van der Waals surface area (Å²) in [5, 5.41) is 19.4. The molecule has 0 saturated carbocycles. The Balaban J connectivity index is 1.09. The maximum atomic E-state index is 9.52. The van der Waals surface area contributed by atoms with Gasteiger partial charge in [-0.2, -0.15) is 5.26 Å². The molecule has 2 aliphatic heterocycles. The van der Waals surface area contributed by atoms with E-state index in [1.54, 1.807) is 0 Å². The van der Waals surface area contributed by atoms with Crippen LogP contribution < -0.4 is 26.2 Å². The van der Waals surface area contributed by atoms with E-state index < -0.39 is 0 Å². The highest BCUT2D eigenvalue weighted by atomic mass is 16.3. The molecule has 4 atom stereocenters. The second-order valence-corrected chi connectivity index (χ2v) is 11.7. The van der Waals surface area contributed by atoms with Gasteiger partial charge in [0.25, 0.3) is 0 Å². The molecule has 0 saturated heterocycles. The number of rotatable bonds is 3. The lowest BCUT2D eigenvalue weighted by atomic mass is 9.90. The van der Waals surface area contributed by atoms with Crippen LogP contribution in [-0.4, -0.2) is 6.04 Å². The van der Waals surface area contributed by atoms with Gasteiger partial charge in [0.2, 0.25) is 0 Å². The number of benzene rings is 5. The third-order valence-electron chi connectivity index (χ3n) is 9.31. The summed E-state index contributed by atoms with van der Waals surface area (Å²) in [4.78, 5) is 2.47. The maximum absolute atomic E-state index is 9.52. The van der Waals surface area contributed by atoms with E-state index in [0.717, 1.165) is 38.9 Å². The predicted molar refractivity (Wildman–Crippen MR) is 175 cm³/mol. The quantitative estimate of drug-likeness (QED) is 0.241. The van der Waals surface area contributed by atoms with Gasteiger partial charge in [0.1, 0.15) is 17.2 Å². The second kappa shape index (κ2) is 9.74. The second-order valence-electron chi connectivity index (χ2n) is 11.7. The fourth-order valence-corrected chi connectivity index (χ4v) is 7.29. The Morgan fingerprint density at radius 3 is 2.41 bits per heavy atom. The van der Waals surface area contributed by atoms with Gasteiger partial charge in [-0.1, -0.05) is 78.9 Å². The number of anilines is 3. The summed E-state index contributed by atoms with van der Waals surface area (Å²) in [6.45, 7) is 0. The Labute approximate surface area is 255 Å². The van der Waals surface area contributed by atoms with Crippen LogP contribution in [-0.2, 0) is 0 Å². The van der Waals surface area contributed by atoms with Gasteiger partial charge in [-0.3, -0.25) is 5.32 Å². The molecule has 0 amide bonds. The van der Waals surface area contributed by atoms with Crippen LogP contribution in [0.4, 0.5) is 17.1 Å². The van der Waals surface area contributed by atoms with E-state index in [0.29, 0.717) is 5.56 Å². The fourth-order valence-electron chi connectivity index (χ4n) is 7.29. The summed E-state index contributed by atoms with van der Waals surface area (Å²) in [6, 6.07) is 44.6. The van der Waals surface area contributed by atoms with Crippen LogP contribution in [0.2, 0.25) is 0 Å². The largest absolute Gasteiger partial charge is 0.456 e. The van der Waals surface area contributed by atoms with Gasteiger partial charge in [-0.05, 0) is 76.9 Å². The summed E-state index contributed by atoms with van der Waals surface area (Å²) >= 11 is 0. The maximum Gasteiger partial charge on any atom is 0.135 e. The third-order valence-corrected chi connectivity index (χ3v) is 9.31. The molecular formula is C39H28N4O. The Morgan fingerprint density at radius 1 is 0.727 bits per heavy atom. The molecular weight excluding hydrogens is 540 g/mol. The van der Waals surface area contributed by atoms with Crippen LogP contribution in [0.25, 0.3) is 23.1 Å². The molecule has 0 bridgehead atoms. The van der Waals surface area contributed by atoms with Crippen molar-refractivity contribution >= 4 is 40.2 Å². The lowest BCUT2D eigenvalue weighted by Gasteiger charge is -2.35. The van der Waals surface area contributed by atoms with Crippen molar-refractivity contribution in [3.63, 3.8) is 0 Å². The summed E-state index contributed by atoms with van der Waals surface area (Å²) in [5.41, 5.74) is 10.8. The third kappa shape index (κ3) is 3.82. The van der Waals surface area contributed by atoms with Crippen LogP contribution in [0, 0.1) is 11.3 Å². The molecule has 1 aliphatic carbocycles. The Morgan fingerprint density at radius 2 is 1.52 bits per heavy atom. The summed E-state index contributed by atoms with van der Waals surface area (Å²) in [6.07, 6.45) is 4.60. The van der Waals surface area contributed by atoms with Gasteiger partial charge in [-0.15, -0.1) is 0 Å². The molecule has 0 spiro atoms. The molecule has 0 fully saturated rings. The zero-order valence-corrected chi connectivity index (χ0v) is 23.8. The van der Waals surface area contributed by atoms with Crippen LogP contribution in [0.15, 0.2) is 126 Å². The van der Waals surface area contributed by atoms with E-state index in [1.807, 2.05) is 30.3 Å². The van der Waals surface area contributed by atoms with Gasteiger partial charge in [0.15, 0.2) is 0 Å². The SMILES string of the molecule is N#Cc1cccc(C2NC(c3ccc(N4c5ccccc5C5C=c6oc7ccccc7c6=CC54)cc3)Nc3ccccc32)c1. The minimum atomic E-state index is -0.0947. The number of nitriles is 1. The fraction of sp³-hybridized carbons (Fsp3) is 0.103. The van der Waals surface area contributed by atoms with Crippen molar-refractivity contribution in [2.75, 3.05) is 10.2 Å². The zero-order chi connectivity index (χ0) is 29.2. The van der Waals surface area contributed by atoms with Gasteiger partial charge in [-0.25, -0.2) is 0 Å².